The number of amides is 1. The van der Waals surface area contributed by atoms with Crippen LogP contribution in [-0.4, -0.2) is 11.9 Å². The lowest BCUT2D eigenvalue weighted by Crippen LogP contribution is -2.27. The number of carbonyl (C=O) groups is 1. The van der Waals surface area contributed by atoms with Crippen LogP contribution in [0.5, 0.6) is 0 Å². The molecule has 0 saturated carbocycles. The van der Waals surface area contributed by atoms with E-state index in [2.05, 4.69) is 24.4 Å². The molecule has 3 N–H and O–H groups in total. The van der Waals surface area contributed by atoms with Gasteiger partial charge in [0.2, 0.25) is 5.91 Å². The summed E-state index contributed by atoms with van der Waals surface area (Å²) in [7, 11) is 0. The van der Waals surface area contributed by atoms with Crippen LogP contribution in [0.3, 0.4) is 0 Å². The number of rotatable bonds is 6. The van der Waals surface area contributed by atoms with Gasteiger partial charge >= 0.3 is 0 Å². The van der Waals surface area contributed by atoms with Crippen molar-refractivity contribution in [2.24, 2.45) is 5.73 Å². The first-order valence-corrected chi connectivity index (χ1v) is 7.29. The Morgan fingerprint density at radius 2 is 1.95 bits per heavy atom. The van der Waals surface area contributed by atoms with Crippen LogP contribution in [0.4, 0.5) is 0 Å². The van der Waals surface area contributed by atoms with Crippen molar-refractivity contribution in [1.82, 2.24) is 5.32 Å². The lowest BCUT2D eigenvalue weighted by molar-refractivity contribution is 0.100. The molecule has 3 nitrogen and oxygen atoms in total. The monoisotopic (exact) mass is 302 g/mol. The molecule has 0 spiro atoms. The molecule has 2 rings (SSSR count). The average molecular weight is 303 g/mol. The van der Waals surface area contributed by atoms with Crippen molar-refractivity contribution in [3.63, 3.8) is 0 Å². The van der Waals surface area contributed by atoms with Crippen molar-refractivity contribution in [3.8, 4) is 0 Å². The Bertz CT molecular complexity index is 613. The number of hydrogen-bond donors (Lipinski definition) is 2. The zero-order valence-corrected chi connectivity index (χ0v) is 12.7. The lowest BCUT2D eigenvalue weighted by Gasteiger charge is -2.15. The van der Waals surface area contributed by atoms with Gasteiger partial charge in [-0.1, -0.05) is 48.0 Å². The second-order valence-corrected chi connectivity index (χ2v) is 5.55. The molecule has 0 heterocycles. The zero-order chi connectivity index (χ0) is 15.2. The van der Waals surface area contributed by atoms with E-state index in [1.165, 1.54) is 5.56 Å². The number of benzene rings is 2. The highest BCUT2D eigenvalue weighted by molar-refractivity contribution is 6.31. The quantitative estimate of drug-likeness (QED) is 0.861. The van der Waals surface area contributed by atoms with Crippen LogP contribution in [0.25, 0.3) is 0 Å². The molecule has 21 heavy (non-hydrogen) atoms. The number of primary amides is 1. The molecule has 2 aromatic rings. The third-order valence-electron chi connectivity index (χ3n) is 3.36. The molecule has 2 aromatic carbocycles. The largest absolute Gasteiger partial charge is 0.366 e. The third-order valence-corrected chi connectivity index (χ3v) is 3.72. The molecule has 0 aliphatic rings. The minimum absolute atomic E-state index is 0.333. The van der Waals surface area contributed by atoms with Crippen LogP contribution < -0.4 is 11.1 Å². The Hall–Kier alpha value is -1.84. The Labute approximate surface area is 130 Å². The number of hydrogen-bond acceptors (Lipinski definition) is 2. The maximum Gasteiger partial charge on any atom is 0.248 e. The Kier molecular flexibility index (Phi) is 5.37. The molecule has 1 unspecified atom stereocenters. The molecular weight excluding hydrogens is 284 g/mol. The van der Waals surface area contributed by atoms with E-state index in [4.69, 9.17) is 17.3 Å². The number of nitrogens with two attached hydrogens (primary N) is 1. The molecule has 0 fully saturated rings. The fourth-order valence-electron chi connectivity index (χ4n) is 2.17. The summed E-state index contributed by atoms with van der Waals surface area (Å²) >= 11 is 6.17. The highest BCUT2D eigenvalue weighted by Crippen LogP contribution is 2.18. The lowest BCUT2D eigenvalue weighted by atomic mass is 10.1. The maximum absolute atomic E-state index is 11.1. The van der Waals surface area contributed by atoms with Gasteiger partial charge in [-0.25, -0.2) is 0 Å². The van der Waals surface area contributed by atoms with Gasteiger partial charge in [-0.2, -0.15) is 0 Å². The van der Waals surface area contributed by atoms with Gasteiger partial charge in [0, 0.05) is 23.2 Å². The normalized spacial score (nSPS) is 12.1. The molecule has 4 heteroatoms. The second kappa shape index (κ2) is 7.25. The summed E-state index contributed by atoms with van der Waals surface area (Å²) in [6.45, 7) is 2.80. The second-order valence-electron chi connectivity index (χ2n) is 5.14. The highest BCUT2D eigenvalue weighted by atomic mass is 35.5. The number of nitrogens with one attached hydrogen (secondary N) is 1. The summed E-state index contributed by atoms with van der Waals surface area (Å²) in [4.78, 5) is 11.1. The predicted octanol–water partition coefficient (Wildman–Crippen LogP) is 3.16. The van der Waals surface area contributed by atoms with E-state index in [1.807, 2.05) is 24.3 Å². The molecule has 1 atom stereocenters. The Morgan fingerprint density at radius 1 is 1.24 bits per heavy atom. The standard InChI is InChI=1S/C17H19ClN2O/c1-12(9-13-5-3-2-4-6-13)20-11-15-8-7-14(17(19)21)10-16(15)18/h2-8,10,12,20H,9,11H2,1H3,(H2,19,21). The van der Waals surface area contributed by atoms with Gasteiger partial charge in [0.25, 0.3) is 0 Å². The van der Waals surface area contributed by atoms with E-state index in [1.54, 1.807) is 12.1 Å². The van der Waals surface area contributed by atoms with Crippen molar-refractivity contribution in [1.29, 1.82) is 0 Å². The van der Waals surface area contributed by atoms with Crippen molar-refractivity contribution in [2.75, 3.05) is 0 Å². The minimum Gasteiger partial charge on any atom is -0.366 e. The van der Waals surface area contributed by atoms with Crippen molar-refractivity contribution in [2.45, 2.75) is 25.9 Å². The fourth-order valence-corrected chi connectivity index (χ4v) is 2.42. The van der Waals surface area contributed by atoms with E-state index in [9.17, 15) is 4.79 Å². The number of halogens is 1. The minimum atomic E-state index is -0.464. The van der Waals surface area contributed by atoms with E-state index in [0.717, 1.165) is 12.0 Å². The van der Waals surface area contributed by atoms with E-state index in [-0.39, 0.29) is 0 Å². The molecule has 0 aromatic heterocycles. The smallest absolute Gasteiger partial charge is 0.248 e. The van der Waals surface area contributed by atoms with Crippen LogP contribution >= 0.6 is 11.6 Å². The van der Waals surface area contributed by atoms with E-state index >= 15 is 0 Å². The average Bonchev–Trinajstić information content (AvgIpc) is 2.47. The van der Waals surface area contributed by atoms with Crippen molar-refractivity contribution in [3.05, 3.63) is 70.2 Å². The van der Waals surface area contributed by atoms with Gasteiger partial charge < -0.3 is 11.1 Å². The van der Waals surface area contributed by atoms with Gasteiger partial charge in [-0.3, -0.25) is 4.79 Å². The van der Waals surface area contributed by atoms with Gasteiger partial charge in [0.15, 0.2) is 0 Å². The molecule has 0 bridgehead atoms. The van der Waals surface area contributed by atoms with Gasteiger partial charge in [0.1, 0.15) is 0 Å². The summed E-state index contributed by atoms with van der Waals surface area (Å²) in [5, 5.41) is 4.00. The summed E-state index contributed by atoms with van der Waals surface area (Å²) in [6, 6.07) is 15.8. The van der Waals surface area contributed by atoms with Crippen LogP contribution in [0, 0.1) is 0 Å². The first-order valence-electron chi connectivity index (χ1n) is 6.92. The first kappa shape index (κ1) is 15.5. The summed E-state index contributed by atoms with van der Waals surface area (Å²) < 4.78 is 0. The van der Waals surface area contributed by atoms with Crippen LogP contribution in [0.2, 0.25) is 5.02 Å². The summed E-state index contributed by atoms with van der Waals surface area (Å²) in [5.41, 5.74) is 7.92. The van der Waals surface area contributed by atoms with Crippen molar-refractivity contribution < 1.29 is 4.79 Å². The van der Waals surface area contributed by atoms with Crippen LogP contribution in [0.1, 0.15) is 28.4 Å². The van der Waals surface area contributed by atoms with Gasteiger partial charge in [0.05, 0.1) is 0 Å². The Morgan fingerprint density at radius 3 is 2.57 bits per heavy atom. The molecule has 1 amide bonds. The Balaban J connectivity index is 1.92. The highest BCUT2D eigenvalue weighted by Gasteiger charge is 2.08. The first-order chi connectivity index (χ1) is 10.1. The number of carbonyl (C=O) groups excluding carboxylic acids is 1. The van der Waals surface area contributed by atoms with E-state index < -0.39 is 5.91 Å². The topological polar surface area (TPSA) is 55.1 Å². The summed E-state index contributed by atoms with van der Waals surface area (Å²) in [5.74, 6) is -0.464. The van der Waals surface area contributed by atoms with Crippen LogP contribution in [-0.2, 0) is 13.0 Å². The molecule has 0 aliphatic carbocycles. The fraction of sp³-hybridized carbons (Fsp3) is 0.235. The van der Waals surface area contributed by atoms with Crippen molar-refractivity contribution >= 4 is 17.5 Å². The molecule has 0 saturated heterocycles. The van der Waals surface area contributed by atoms with E-state index in [0.29, 0.717) is 23.2 Å². The third kappa shape index (κ3) is 4.59. The van der Waals surface area contributed by atoms with Gasteiger partial charge in [-0.15, -0.1) is 0 Å². The SMILES string of the molecule is CC(Cc1ccccc1)NCc1ccc(C(N)=O)cc1Cl. The van der Waals surface area contributed by atoms with Crippen LogP contribution in [0.15, 0.2) is 48.5 Å². The molecule has 110 valence electrons. The molecule has 0 aliphatic heterocycles. The zero-order valence-electron chi connectivity index (χ0n) is 12.0. The molecular formula is C17H19ClN2O. The summed E-state index contributed by atoms with van der Waals surface area (Å²) in [6.07, 6.45) is 0.956. The maximum atomic E-state index is 11.1. The molecule has 0 radical (unpaired) electrons. The van der Waals surface area contributed by atoms with Gasteiger partial charge in [-0.05, 0) is 36.6 Å². The predicted molar refractivity (Wildman–Crippen MR) is 86.4 cm³/mol.